The van der Waals surface area contributed by atoms with Gasteiger partial charge in [0.1, 0.15) is 0 Å². The molecule has 14 heavy (non-hydrogen) atoms. The minimum atomic E-state index is -0.0934. The van der Waals surface area contributed by atoms with Crippen LogP contribution in [0.2, 0.25) is 0 Å². The normalized spacial score (nSPS) is 34.7. The highest BCUT2D eigenvalue weighted by molar-refractivity contribution is 4.96. The van der Waals surface area contributed by atoms with Crippen molar-refractivity contribution in [1.29, 1.82) is 0 Å². The fourth-order valence-corrected chi connectivity index (χ4v) is 2.17. The van der Waals surface area contributed by atoms with Crippen molar-refractivity contribution in [1.82, 2.24) is 5.32 Å². The molecule has 0 aromatic carbocycles. The fourth-order valence-electron chi connectivity index (χ4n) is 2.17. The molecule has 3 heteroatoms. The first-order valence-corrected chi connectivity index (χ1v) is 5.76. The molecule has 2 aliphatic rings. The lowest BCUT2D eigenvalue weighted by molar-refractivity contribution is 0.176. The highest BCUT2D eigenvalue weighted by atomic mass is 16.5. The summed E-state index contributed by atoms with van der Waals surface area (Å²) in [6.07, 6.45) is 5.09. The van der Waals surface area contributed by atoms with Crippen molar-refractivity contribution >= 4 is 0 Å². The zero-order chi connectivity index (χ0) is 10.1. The number of hydrogen-bond acceptors (Lipinski definition) is 3. The van der Waals surface area contributed by atoms with Crippen molar-refractivity contribution in [2.45, 2.75) is 38.1 Å². The van der Waals surface area contributed by atoms with Crippen molar-refractivity contribution in [2.24, 2.45) is 11.1 Å². The summed E-state index contributed by atoms with van der Waals surface area (Å²) in [5.74, 6) is 0. The van der Waals surface area contributed by atoms with E-state index in [4.69, 9.17) is 10.5 Å². The van der Waals surface area contributed by atoms with Gasteiger partial charge in [0.15, 0.2) is 0 Å². The van der Waals surface area contributed by atoms with E-state index < -0.39 is 0 Å². The van der Waals surface area contributed by atoms with Gasteiger partial charge in [0.05, 0.1) is 12.1 Å². The molecule has 1 heterocycles. The standard InChI is InChI=1S/C11H22N2O/c1-2-10(3-4-10)7-13-8-11(12)5-6-14-9-11/h13H,2-9,12H2,1H3. The predicted molar refractivity (Wildman–Crippen MR) is 57.2 cm³/mol. The molecule has 2 fully saturated rings. The molecule has 3 N–H and O–H groups in total. The number of nitrogens with one attached hydrogen (secondary N) is 1. The van der Waals surface area contributed by atoms with Gasteiger partial charge in [-0.15, -0.1) is 0 Å². The van der Waals surface area contributed by atoms with Crippen LogP contribution in [0.15, 0.2) is 0 Å². The van der Waals surface area contributed by atoms with E-state index in [1.807, 2.05) is 0 Å². The molecule has 0 radical (unpaired) electrons. The summed E-state index contributed by atoms with van der Waals surface area (Å²) < 4.78 is 5.32. The maximum absolute atomic E-state index is 6.16. The van der Waals surface area contributed by atoms with Gasteiger partial charge in [0.25, 0.3) is 0 Å². The minimum Gasteiger partial charge on any atom is -0.379 e. The van der Waals surface area contributed by atoms with Gasteiger partial charge in [0.2, 0.25) is 0 Å². The Morgan fingerprint density at radius 1 is 1.29 bits per heavy atom. The molecule has 1 aliphatic carbocycles. The molecule has 3 nitrogen and oxygen atoms in total. The third kappa shape index (κ3) is 2.27. The first-order chi connectivity index (χ1) is 6.68. The Morgan fingerprint density at radius 2 is 2.07 bits per heavy atom. The molecular formula is C11H22N2O. The van der Waals surface area contributed by atoms with Crippen LogP contribution in [0, 0.1) is 5.41 Å². The first-order valence-electron chi connectivity index (χ1n) is 5.76. The third-order valence-corrected chi connectivity index (χ3v) is 3.82. The summed E-state index contributed by atoms with van der Waals surface area (Å²) in [7, 11) is 0. The second kappa shape index (κ2) is 3.80. The van der Waals surface area contributed by atoms with E-state index in [9.17, 15) is 0 Å². The van der Waals surface area contributed by atoms with Gasteiger partial charge in [-0.05, 0) is 31.1 Å². The lowest BCUT2D eigenvalue weighted by Crippen LogP contribution is -2.50. The summed E-state index contributed by atoms with van der Waals surface area (Å²) in [5.41, 5.74) is 6.69. The molecule has 0 spiro atoms. The van der Waals surface area contributed by atoms with E-state index in [0.29, 0.717) is 5.41 Å². The van der Waals surface area contributed by atoms with E-state index in [0.717, 1.165) is 32.7 Å². The average Bonchev–Trinajstić information content (AvgIpc) is 2.83. The van der Waals surface area contributed by atoms with E-state index in [2.05, 4.69) is 12.2 Å². The highest BCUT2D eigenvalue weighted by Gasteiger charge is 2.40. The van der Waals surface area contributed by atoms with E-state index >= 15 is 0 Å². The second-order valence-electron chi connectivity index (χ2n) is 5.12. The van der Waals surface area contributed by atoms with Gasteiger partial charge in [0, 0.05) is 19.7 Å². The Hall–Kier alpha value is -0.120. The fraction of sp³-hybridized carbons (Fsp3) is 1.00. The number of nitrogens with two attached hydrogens (primary N) is 1. The molecule has 0 aromatic heterocycles. The van der Waals surface area contributed by atoms with Crippen LogP contribution in [0.3, 0.4) is 0 Å². The Morgan fingerprint density at radius 3 is 2.57 bits per heavy atom. The summed E-state index contributed by atoms with van der Waals surface area (Å²) >= 11 is 0. The lowest BCUT2D eigenvalue weighted by Gasteiger charge is -2.24. The molecule has 1 unspecified atom stereocenters. The summed E-state index contributed by atoms with van der Waals surface area (Å²) in [4.78, 5) is 0. The molecule has 1 atom stereocenters. The second-order valence-corrected chi connectivity index (χ2v) is 5.12. The van der Waals surface area contributed by atoms with E-state index in [1.54, 1.807) is 0 Å². The smallest absolute Gasteiger partial charge is 0.0659 e. The zero-order valence-electron chi connectivity index (χ0n) is 9.14. The van der Waals surface area contributed by atoms with Crippen molar-refractivity contribution in [3.8, 4) is 0 Å². The van der Waals surface area contributed by atoms with Crippen molar-refractivity contribution in [3.05, 3.63) is 0 Å². The number of rotatable bonds is 5. The van der Waals surface area contributed by atoms with Crippen LogP contribution in [0.5, 0.6) is 0 Å². The summed E-state index contributed by atoms with van der Waals surface area (Å²) in [6.45, 7) is 5.89. The topological polar surface area (TPSA) is 47.3 Å². The lowest BCUT2D eigenvalue weighted by atomic mass is 9.99. The van der Waals surface area contributed by atoms with Crippen LogP contribution in [0.25, 0.3) is 0 Å². The van der Waals surface area contributed by atoms with Crippen LogP contribution in [0.4, 0.5) is 0 Å². The zero-order valence-corrected chi connectivity index (χ0v) is 9.14. The van der Waals surface area contributed by atoms with Gasteiger partial charge < -0.3 is 15.8 Å². The molecular weight excluding hydrogens is 176 g/mol. The Labute approximate surface area is 86.4 Å². The minimum absolute atomic E-state index is 0.0934. The molecule has 82 valence electrons. The van der Waals surface area contributed by atoms with Crippen molar-refractivity contribution < 1.29 is 4.74 Å². The van der Waals surface area contributed by atoms with Crippen LogP contribution in [-0.4, -0.2) is 31.8 Å². The van der Waals surface area contributed by atoms with Gasteiger partial charge in [-0.3, -0.25) is 0 Å². The highest BCUT2D eigenvalue weighted by Crippen LogP contribution is 2.47. The Bertz CT molecular complexity index is 195. The maximum Gasteiger partial charge on any atom is 0.0659 e. The summed E-state index contributed by atoms with van der Waals surface area (Å²) in [5, 5.41) is 3.52. The number of ether oxygens (including phenoxy) is 1. The SMILES string of the molecule is CCC1(CNCC2(N)CCOC2)CC1. The van der Waals surface area contributed by atoms with Gasteiger partial charge >= 0.3 is 0 Å². The molecule has 1 aliphatic heterocycles. The Kier molecular flexibility index (Phi) is 2.82. The molecule has 1 saturated heterocycles. The van der Waals surface area contributed by atoms with E-state index in [1.165, 1.54) is 19.3 Å². The van der Waals surface area contributed by atoms with Crippen LogP contribution >= 0.6 is 0 Å². The predicted octanol–water partition coefficient (Wildman–Crippen LogP) is 0.884. The average molecular weight is 198 g/mol. The maximum atomic E-state index is 6.16. The largest absolute Gasteiger partial charge is 0.379 e. The van der Waals surface area contributed by atoms with Gasteiger partial charge in [-0.2, -0.15) is 0 Å². The van der Waals surface area contributed by atoms with Crippen molar-refractivity contribution in [3.63, 3.8) is 0 Å². The molecule has 1 saturated carbocycles. The Balaban J connectivity index is 1.67. The molecule has 0 aromatic rings. The molecule has 0 amide bonds. The quantitative estimate of drug-likeness (QED) is 0.689. The summed E-state index contributed by atoms with van der Waals surface area (Å²) in [6, 6.07) is 0. The van der Waals surface area contributed by atoms with Crippen LogP contribution in [0.1, 0.15) is 32.6 Å². The van der Waals surface area contributed by atoms with Gasteiger partial charge in [-0.25, -0.2) is 0 Å². The van der Waals surface area contributed by atoms with Crippen LogP contribution in [-0.2, 0) is 4.74 Å². The molecule has 0 bridgehead atoms. The monoisotopic (exact) mass is 198 g/mol. The third-order valence-electron chi connectivity index (χ3n) is 3.82. The van der Waals surface area contributed by atoms with Gasteiger partial charge in [-0.1, -0.05) is 6.92 Å². The van der Waals surface area contributed by atoms with Crippen LogP contribution < -0.4 is 11.1 Å². The van der Waals surface area contributed by atoms with Crippen molar-refractivity contribution in [2.75, 3.05) is 26.3 Å². The van der Waals surface area contributed by atoms with E-state index in [-0.39, 0.29) is 5.54 Å². The molecule has 2 rings (SSSR count). The number of hydrogen-bond donors (Lipinski definition) is 2. The first kappa shape index (κ1) is 10.4.